The third-order valence-electron chi connectivity index (χ3n) is 11.5. The number of carbonyl (C=O) groups is 4. The molecule has 3 aromatic carbocycles. The van der Waals surface area contributed by atoms with Crippen LogP contribution < -0.4 is 9.84 Å². The Hall–Kier alpha value is -4.69. The molecule has 0 radical (unpaired) electrons. The summed E-state index contributed by atoms with van der Waals surface area (Å²) >= 11 is 2.00. The largest absolute Gasteiger partial charge is 0.453 e. The molecule has 1 N–H and O–H groups in total. The zero-order valence-electron chi connectivity index (χ0n) is 33.0. The van der Waals surface area contributed by atoms with Gasteiger partial charge in [0, 0.05) is 65.3 Å². The number of hydrogen-bond donors (Lipinski definition) is 1. The second kappa shape index (κ2) is 17.7. The van der Waals surface area contributed by atoms with E-state index in [1.807, 2.05) is 25.3 Å². The molecule has 3 amide bonds. The van der Waals surface area contributed by atoms with Crippen LogP contribution >= 0.6 is 30.7 Å². The maximum absolute atomic E-state index is 16.7. The highest BCUT2D eigenvalue weighted by molar-refractivity contribution is 8.13. The van der Waals surface area contributed by atoms with Gasteiger partial charge in [-0.25, -0.2) is 4.57 Å². The summed E-state index contributed by atoms with van der Waals surface area (Å²) in [6, 6.07) is 19.3. The molecule has 2 aromatic heterocycles. The van der Waals surface area contributed by atoms with Crippen molar-refractivity contribution in [1.82, 2.24) is 20.1 Å². The number of nitrogens with zero attached hydrogens (tertiary/aromatic N) is 3. The average molecular weight is 875 g/mol. The zero-order valence-corrected chi connectivity index (χ0v) is 35.5. The van der Waals surface area contributed by atoms with Gasteiger partial charge in [-0.2, -0.15) is 8.78 Å². The van der Waals surface area contributed by atoms with Gasteiger partial charge in [-0.3, -0.25) is 28.7 Å². The standard InChI is InChI=1S/C44H45F2N4O7PS2/c1-2-8-40(51)59-22-21-56-58(55,57-37-15-5-10-28-9-3-4-13-34(28)37)44(45,46)32-16-19-38-30(23-32)24-39(60-38)41(52)48-35-14-6-12-33-17-18-36(50(33)42(35)53)43(54)49-26-31(27-49)29-11-7-20-47-25-29/h3-5,7,9-11,13,15-16,19-20,23-25,31,33,35-36H,2,6,8,12,14,17-18,21-22,26-27H2,1H3,(H,48,52)/t33-,35-,36-,58?/m0/s1. The third kappa shape index (κ3) is 8.46. The van der Waals surface area contributed by atoms with Crippen LogP contribution in [0.4, 0.5) is 8.78 Å². The molecule has 314 valence electrons. The molecule has 3 aliphatic rings. The number of thioether (sulfide) groups is 1. The number of rotatable bonds is 14. The highest BCUT2D eigenvalue weighted by Crippen LogP contribution is 2.67. The molecule has 5 heterocycles. The molecule has 0 spiro atoms. The molecule has 5 aromatic rings. The Bertz CT molecular complexity index is 2460. The van der Waals surface area contributed by atoms with Crippen molar-refractivity contribution in [2.75, 3.05) is 25.4 Å². The van der Waals surface area contributed by atoms with Gasteiger partial charge >= 0.3 is 13.3 Å². The second-order valence-electron chi connectivity index (χ2n) is 15.5. The van der Waals surface area contributed by atoms with Crippen LogP contribution in [0.15, 0.2) is 91.3 Å². The van der Waals surface area contributed by atoms with Crippen LogP contribution in [0.3, 0.4) is 0 Å². The normalized spacial score (nSPS) is 20.6. The summed E-state index contributed by atoms with van der Waals surface area (Å²) in [6.45, 7) is 2.56. The van der Waals surface area contributed by atoms with Gasteiger partial charge in [0.25, 0.3) is 5.91 Å². The summed E-state index contributed by atoms with van der Waals surface area (Å²) in [4.78, 5) is 61.5. The van der Waals surface area contributed by atoms with E-state index >= 15 is 8.78 Å². The minimum atomic E-state index is -5.32. The quantitative estimate of drug-likeness (QED) is 0.0857. The minimum absolute atomic E-state index is 0.00439. The first-order valence-corrected chi connectivity index (χ1v) is 23.6. The molecule has 8 rings (SSSR count). The predicted octanol–water partition coefficient (Wildman–Crippen LogP) is 9.12. The number of alkyl halides is 2. The van der Waals surface area contributed by atoms with Crippen LogP contribution in [0.25, 0.3) is 20.9 Å². The van der Waals surface area contributed by atoms with E-state index in [0.29, 0.717) is 72.5 Å². The number of nitrogens with one attached hydrogen (secondary N) is 1. The van der Waals surface area contributed by atoms with Gasteiger partial charge < -0.3 is 19.6 Å². The minimum Gasteiger partial charge on any atom is -0.420 e. The van der Waals surface area contributed by atoms with Crippen LogP contribution in [-0.4, -0.2) is 81.2 Å². The highest BCUT2D eigenvalue weighted by atomic mass is 32.2. The first kappa shape index (κ1) is 42.0. The third-order valence-corrected chi connectivity index (χ3v) is 15.4. The van der Waals surface area contributed by atoms with Gasteiger partial charge in [0.15, 0.2) is 5.12 Å². The van der Waals surface area contributed by atoms with E-state index in [9.17, 15) is 23.7 Å². The maximum atomic E-state index is 16.7. The van der Waals surface area contributed by atoms with Gasteiger partial charge in [-0.05, 0) is 85.2 Å². The van der Waals surface area contributed by atoms with Crippen molar-refractivity contribution in [3.8, 4) is 5.75 Å². The van der Waals surface area contributed by atoms with Crippen molar-refractivity contribution in [1.29, 1.82) is 0 Å². The second-order valence-corrected chi connectivity index (χ2v) is 19.7. The number of carbonyl (C=O) groups excluding carboxylic acids is 4. The maximum Gasteiger partial charge on any atom is 0.453 e. The van der Waals surface area contributed by atoms with Crippen LogP contribution in [0.5, 0.6) is 5.75 Å². The molecule has 60 heavy (non-hydrogen) atoms. The average Bonchev–Trinajstić information content (AvgIpc) is 3.83. The summed E-state index contributed by atoms with van der Waals surface area (Å²) in [6.07, 6.45) is 7.59. The van der Waals surface area contributed by atoms with E-state index in [1.165, 1.54) is 24.3 Å². The molecule has 0 bridgehead atoms. The first-order chi connectivity index (χ1) is 29.0. The van der Waals surface area contributed by atoms with E-state index in [0.717, 1.165) is 41.1 Å². The summed E-state index contributed by atoms with van der Waals surface area (Å²) in [7, 11) is -5.32. The Morgan fingerprint density at radius 2 is 1.80 bits per heavy atom. The number of benzene rings is 3. The molecule has 0 saturated carbocycles. The van der Waals surface area contributed by atoms with E-state index < -0.39 is 43.4 Å². The Morgan fingerprint density at radius 3 is 2.60 bits per heavy atom. The van der Waals surface area contributed by atoms with Crippen molar-refractivity contribution in [2.45, 2.75) is 81.6 Å². The lowest BCUT2D eigenvalue weighted by molar-refractivity contribution is -0.148. The van der Waals surface area contributed by atoms with Crippen molar-refractivity contribution >= 4 is 74.4 Å². The molecule has 3 fully saturated rings. The molecule has 16 heteroatoms. The van der Waals surface area contributed by atoms with Gasteiger partial charge in [0.1, 0.15) is 17.8 Å². The molecule has 1 unspecified atom stereocenters. The molecule has 3 aliphatic heterocycles. The molecular formula is C44H45F2N4O7PS2. The fourth-order valence-corrected chi connectivity index (χ4v) is 11.7. The van der Waals surface area contributed by atoms with Crippen LogP contribution in [0.2, 0.25) is 0 Å². The number of thiophene rings is 1. The van der Waals surface area contributed by atoms with Crippen molar-refractivity contribution in [2.24, 2.45) is 0 Å². The van der Waals surface area contributed by atoms with Crippen LogP contribution in [-0.2, 0) is 29.1 Å². The number of pyridine rings is 1. The summed E-state index contributed by atoms with van der Waals surface area (Å²) in [5.41, 5.74) is -3.71. The van der Waals surface area contributed by atoms with Gasteiger partial charge in [-0.1, -0.05) is 67.2 Å². The Balaban J connectivity index is 0.980. The molecule has 0 aliphatic carbocycles. The van der Waals surface area contributed by atoms with Gasteiger partial charge in [0.2, 0.25) is 11.8 Å². The summed E-state index contributed by atoms with van der Waals surface area (Å²) in [5.74, 6) is -0.731. The monoisotopic (exact) mass is 874 g/mol. The Kier molecular flexibility index (Phi) is 12.4. The lowest BCUT2D eigenvalue weighted by atomic mass is 9.92. The van der Waals surface area contributed by atoms with E-state index in [1.54, 1.807) is 52.4 Å². The lowest BCUT2D eigenvalue weighted by Crippen LogP contribution is -2.58. The fraction of sp³-hybridized carbons (Fsp3) is 0.386. The number of halogens is 2. The van der Waals surface area contributed by atoms with Crippen molar-refractivity contribution in [3.63, 3.8) is 0 Å². The smallest absolute Gasteiger partial charge is 0.420 e. The summed E-state index contributed by atoms with van der Waals surface area (Å²) in [5, 5.41) is 4.23. The molecule has 3 saturated heterocycles. The topological polar surface area (TPSA) is 135 Å². The van der Waals surface area contributed by atoms with Crippen LogP contribution in [0, 0.1) is 0 Å². The number of hydrogen-bond acceptors (Lipinski definition) is 10. The van der Waals surface area contributed by atoms with Gasteiger partial charge in [-0.15, -0.1) is 11.3 Å². The SMILES string of the molecule is CCCC(=O)SCCOP(=O)(Oc1cccc2ccccc12)C(F)(F)c1ccc2sc(C(=O)N[C@H]3CCC[C@H]4CC[C@@H](C(=O)N5CC(c6cccnc6)C5)N4C3=O)cc2c1. The first-order valence-electron chi connectivity index (χ1n) is 20.3. The number of amides is 3. The van der Waals surface area contributed by atoms with E-state index in [2.05, 4.69) is 10.3 Å². The highest BCUT2D eigenvalue weighted by Gasteiger charge is 2.57. The molecule has 4 atom stereocenters. The zero-order chi connectivity index (χ0) is 42.0. The number of likely N-dealkylation sites (tertiary alicyclic amines) is 1. The Labute approximate surface area is 354 Å². The van der Waals surface area contributed by atoms with Crippen molar-refractivity contribution < 1.29 is 41.6 Å². The van der Waals surface area contributed by atoms with E-state index in [-0.39, 0.29) is 45.3 Å². The number of aromatic nitrogens is 1. The van der Waals surface area contributed by atoms with Crippen molar-refractivity contribution in [3.05, 3.63) is 107 Å². The summed E-state index contributed by atoms with van der Waals surface area (Å²) < 4.78 is 59.6. The Morgan fingerprint density at radius 1 is 0.983 bits per heavy atom. The van der Waals surface area contributed by atoms with Crippen LogP contribution in [0.1, 0.15) is 78.6 Å². The number of fused-ring (bicyclic) bond motifs is 3. The lowest BCUT2D eigenvalue weighted by Gasteiger charge is -2.42. The van der Waals surface area contributed by atoms with Gasteiger partial charge in [0.05, 0.1) is 11.5 Å². The molecule has 11 nitrogen and oxygen atoms in total. The predicted molar refractivity (Wildman–Crippen MR) is 229 cm³/mol. The molecular weight excluding hydrogens is 830 g/mol. The van der Waals surface area contributed by atoms with E-state index in [4.69, 9.17) is 9.05 Å². The fourth-order valence-electron chi connectivity index (χ4n) is 8.32.